The number of aliphatic hydroxyl groups excluding tert-OH is 2. The topological polar surface area (TPSA) is 96.2 Å². The van der Waals surface area contributed by atoms with Crippen LogP contribution in [0.1, 0.15) is 103 Å². The molecule has 32 heavy (non-hydrogen) atoms. The Balaban J connectivity index is 3.89. The van der Waals surface area contributed by atoms with Crippen molar-refractivity contribution in [1.29, 1.82) is 0 Å². The quantitative estimate of drug-likeness (QED) is 0.102. The van der Waals surface area contributed by atoms with Crippen LogP contribution in [0.25, 0.3) is 0 Å². The Labute approximate surface area is 197 Å². The summed E-state index contributed by atoms with van der Waals surface area (Å²) in [5, 5.41) is 19.2. The molecule has 0 fully saturated rings. The molecule has 0 saturated heterocycles. The lowest BCUT2D eigenvalue weighted by Gasteiger charge is -2.26. The molecule has 0 rings (SSSR count). The van der Waals surface area contributed by atoms with Crippen LogP contribution in [0, 0.1) is 0 Å². The number of aliphatic hydroxyl groups is 2. The molecule has 0 aliphatic heterocycles. The summed E-state index contributed by atoms with van der Waals surface area (Å²) in [5.41, 5.74) is 0. The first-order valence-corrected chi connectivity index (χ1v) is 14.4. The van der Waals surface area contributed by atoms with Gasteiger partial charge < -0.3 is 19.6 Å². The van der Waals surface area contributed by atoms with Crippen molar-refractivity contribution in [3.63, 3.8) is 0 Å². The summed E-state index contributed by atoms with van der Waals surface area (Å²) in [4.78, 5) is 9.95. The molecule has 0 amide bonds. The number of quaternary nitrogens is 1. The van der Waals surface area contributed by atoms with Crippen LogP contribution in [0.4, 0.5) is 0 Å². The summed E-state index contributed by atoms with van der Waals surface area (Å²) in [6, 6.07) is 0. The van der Waals surface area contributed by atoms with Gasteiger partial charge in [0, 0.05) is 0 Å². The summed E-state index contributed by atoms with van der Waals surface area (Å²) in [5.74, 6) is 0. The van der Waals surface area contributed by atoms with Crippen molar-refractivity contribution < 1.29 is 33.2 Å². The summed E-state index contributed by atoms with van der Waals surface area (Å²) in [6.45, 7) is 2.38. The maximum atomic E-state index is 12.2. The van der Waals surface area contributed by atoms with Crippen molar-refractivity contribution >= 4 is 7.82 Å². The fraction of sp³-hybridized carbons (Fsp3) is 1.00. The van der Waals surface area contributed by atoms with Gasteiger partial charge in [-0.3, -0.25) is 9.05 Å². The molecule has 0 spiro atoms. The molecule has 0 aliphatic rings. The third-order valence-corrected chi connectivity index (χ3v) is 6.79. The number of likely N-dealkylation sites (N-methyl/N-ethyl adjacent to an activating group) is 1. The number of unbranched alkanes of at least 4 members (excludes halogenated alkanes) is 13. The molecule has 3 N–H and O–H groups in total. The fourth-order valence-electron chi connectivity index (χ4n) is 3.60. The lowest BCUT2D eigenvalue weighted by atomic mass is 10.0. The highest BCUT2D eigenvalue weighted by atomic mass is 31.2. The van der Waals surface area contributed by atoms with E-state index >= 15 is 0 Å². The van der Waals surface area contributed by atoms with Gasteiger partial charge in [0.25, 0.3) is 0 Å². The highest BCUT2D eigenvalue weighted by molar-refractivity contribution is 7.47. The van der Waals surface area contributed by atoms with Crippen molar-refractivity contribution in [2.45, 2.75) is 115 Å². The molecule has 0 saturated carbocycles. The Hall–Kier alpha value is -0.0100. The first kappa shape index (κ1) is 32.0. The molecule has 0 aromatic carbocycles. The average Bonchev–Trinajstić information content (AvgIpc) is 2.71. The van der Waals surface area contributed by atoms with Crippen LogP contribution in [-0.2, 0) is 13.6 Å². The predicted molar refractivity (Wildman–Crippen MR) is 132 cm³/mol. The molecular weight excluding hydrogens is 429 g/mol. The Morgan fingerprint density at radius 1 is 0.812 bits per heavy atom. The van der Waals surface area contributed by atoms with Gasteiger partial charge in [-0.05, 0) is 6.42 Å². The molecule has 0 aliphatic carbocycles. The van der Waals surface area contributed by atoms with E-state index in [9.17, 15) is 19.7 Å². The zero-order chi connectivity index (χ0) is 24.3. The van der Waals surface area contributed by atoms with Gasteiger partial charge in [0.15, 0.2) is 0 Å². The van der Waals surface area contributed by atoms with Crippen LogP contribution in [0.2, 0.25) is 0 Å². The molecule has 7 nitrogen and oxygen atoms in total. The molecule has 0 radical (unpaired) electrons. The number of nitrogens with zero attached hydrogens (tertiary/aromatic N) is 1. The number of hydrogen-bond donors (Lipinski definition) is 3. The third-order valence-electron chi connectivity index (χ3n) is 5.74. The molecule has 2 unspecified atom stereocenters. The summed E-state index contributed by atoms with van der Waals surface area (Å²) in [6.07, 6.45) is 15.8. The van der Waals surface area contributed by atoms with E-state index in [-0.39, 0.29) is 6.61 Å². The first-order chi connectivity index (χ1) is 15.1. The Bertz CT molecular complexity index is 472. The second kappa shape index (κ2) is 19.3. The van der Waals surface area contributed by atoms with Gasteiger partial charge in [0.05, 0.1) is 33.9 Å². The van der Waals surface area contributed by atoms with Gasteiger partial charge in [-0.1, -0.05) is 96.8 Å². The largest absolute Gasteiger partial charge is 0.472 e. The molecule has 3 atom stereocenters. The molecule has 0 aromatic heterocycles. The van der Waals surface area contributed by atoms with Gasteiger partial charge in [0.2, 0.25) is 0 Å². The molecule has 0 bridgehead atoms. The van der Waals surface area contributed by atoms with E-state index in [4.69, 9.17) is 9.05 Å². The van der Waals surface area contributed by atoms with E-state index in [1.165, 1.54) is 70.6 Å². The van der Waals surface area contributed by atoms with Gasteiger partial charge in [-0.2, -0.15) is 0 Å². The standard InChI is InChI=1S/C24H52NO6P/c1-5-6-7-8-9-10-11-12-13-14-15-16-17-18-19-24(23(27)22-26)31-32(28,29)30-21-20-25(2,3)4/h23-24,26-27H,5-22H2,1-4H3/p+1/t23-,24?/m0/s1. The fourth-order valence-corrected chi connectivity index (χ4v) is 4.57. The highest BCUT2D eigenvalue weighted by Crippen LogP contribution is 2.45. The van der Waals surface area contributed by atoms with E-state index in [0.717, 1.165) is 19.3 Å². The number of phosphoric acid groups is 1. The van der Waals surface area contributed by atoms with E-state index in [2.05, 4.69) is 6.92 Å². The van der Waals surface area contributed by atoms with Crippen molar-refractivity contribution in [3.05, 3.63) is 0 Å². The minimum atomic E-state index is -4.27. The predicted octanol–water partition coefficient (Wildman–Crippen LogP) is 5.42. The number of hydrogen-bond acceptors (Lipinski definition) is 5. The van der Waals surface area contributed by atoms with E-state index in [1.54, 1.807) is 0 Å². The Morgan fingerprint density at radius 2 is 1.25 bits per heavy atom. The van der Waals surface area contributed by atoms with Crippen molar-refractivity contribution in [1.82, 2.24) is 0 Å². The van der Waals surface area contributed by atoms with Crippen LogP contribution < -0.4 is 0 Å². The van der Waals surface area contributed by atoms with Crippen molar-refractivity contribution in [3.8, 4) is 0 Å². The maximum absolute atomic E-state index is 12.2. The van der Waals surface area contributed by atoms with Crippen molar-refractivity contribution in [2.24, 2.45) is 0 Å². The Kier molecular flexibility index (Phi) is 19.3. The minimum absolute atomic E-state index is 0.0814. The molecule has 194 valence electrons. The van der Waals surface area contributed by atoms with E-state index < -0.39 is 26.6 Å². The first-order valence-electron chi connectivity index (χ1n) is 12.9. The summed E-state index contributed by atoms with van der Waals surface area (Å²) >= 11 is 0. The monoisotopic (exact) mass is 482 g/mol. The smallest absolute Gasteiger partial charge is 0.394 e. The highest BCUT2D eigenvalue weighted by Gasteiger charge is 2.31. The second-order valence-electron chi connectivity index (χ2n) is 10.1. The number of rotatable bonds is 23. The normalized spacial score (nSPS) is 16.1. The van der Waals surface area contributed by atoms with Crippen LogP contribution in [0.15, 0.2) is 0 Å². The summed E-state index contributed by atoms with van der Waals surface area (Å²) in [7, 11) is 1.61. The van der Waals surface area contributed by atoms with E-state index in [1.807, 2.05) is 21.1 Å². The SMILES string of the molecule is CCCCCCCCCCCCCCCCC(OP(=O)(O)OCC[N+](C)(C)C)[C@@H](O)CO. The van der Waals surface area contributed by atoms with Gasteiger partial charge in [-0.15, -0.1) is 0 Å². The van der Waals surface area contributed by atoms with Crippen LogP contribution in [0.3, 0.4) is 0 Å². The lowest BCUT2D eigenvalue weighted by molar-refractivity contribution is -0.870. The van der Waals surface area contributed by atoms with Crippen LogP contribution in [0.5, 0.6) is 0 Å². The van der Waals surface area contributed by atoms with Gasteiger partial charge >= 0.3 is 7.82 Å². The second-order valence-corrected chi connectivity index (χ2v) is 11.5. The summed E-state index contributed by atoms with van der Waals surface area (Å²) < 4.78 is 23.0. The van der Waals surface area contributed by atoms with Gasteiger partial charge in [0.1, 0.15) is 19.3 Å². The van der Waals surface area contributed by atoms with Crippen LogP contribution >= 0.6 is 7.82 Å². The molecule has 0 heterocycles. The maximum Gasteiger partial charge on any atom is 0.472 e. The molecule has 0 aromatic rings. The average molecular weight is 483 g/mol. The van der Waals surface area contributed by atoms with Crippen molar-refractivity contribution in [2.75, 3.05) is 40.9 Å². The number of phosphoric ester groups is 1. The zero-order valence-electron chi connectivity index (χ0n) is 21.3. The molecular formula is C24H53NO6P+. The van der Waals surface area contributed by atoms with Gasteiger partial charge in [-0.25, -0.2) is 4.57 Å². The zero-order valence-corrected chi connectivity index (χ0v) is 22.2. The van der Waals surface area contributed by atoms with E-state index in [0.29, 0.717) is 17.4 Å². The molecule has 8 heteroatoms. The van der Waals surface area contributed by atoms with Crippen LogP contribution in [-0.4, -0.2) is 72.7 Å². The third kappa shape index (κ3) is 20.6. The lowest BCUT2D eigenvalue weighted by Crippen LogP contribution is -2.37. The minimum Gasteiger partial charge on any atom is -0.394 e. The Morgan fingerprint density at radius 3 is 1.66 bits per heavy atom.